The van der Waals surface area contributed by atoms with Gasteiger partial charge in [0.05, 0.1) is 18.2 Å². The number of fused-ring (bicyclic) bond motifs is 1. The number of ether oxygens (including phenoxy) is 1. The predicted molar refractivity (Wildman–Crippen MR) is 93.1 cm³/mol. The van der Waals surface area contributed by atoms with Crippen molar-refractivity contribution >= 4 is 34.0 Å². The van der Waals surface area contributed by atoms with Gasteiger partial charge < -0.3 is 10.1 Å². The smallest absolute Gasteiger partial charge is 0.276 e. The van der Waals surface area contributed by atoms with E-state index in [1.54, 1.807) is 36.4 Å². The number of aromatic amines is 1. The third-order valence-corrected chi connectivity index (χ3v) is 4.05. The topological polar surface area (TPSA) is 84.1 Å². The molecule has 1 amide bonds. The molecule has 0 aliphatic carbocycles. The number of rotatable bonds is 3. The lowest BCUT2D eigenvalue weighted by atomic mass is 10.1. The maximum absolute atomic E-state index is 12.6. The van der Waals surface area contributed by atoms with E-state index in [-0.39, 0.29) is 11.3 Å². The Bertz CT molecular complexity index is 998. The molecule has 1 aromatic heterocycles. The zero-order chi connectivity index (χ0) is 17.3. The number of hydrogen-bond acceptors (Lipinski definition) is 4. The highest BCUT2D eigenvalue weighted by molar-refractivity contribution is 6.31. The molecule has 1 heterocycles. The normalized spacial score (nSPS) is 10.6. The lowest BCUT2D eigenvalue weighted by Gasteiger charge is -2.12. The zero-order valence-electron chi connectivity index (χ0n) is 13.0. The summed E-state index contributed by atoms with van der Waals surface area (Å²) in [6, 6.07) is 10.1. The maximum Gasteiger partial charge on any atom is 0.276 e. The Morgan fingerprint density at radius 2 is 1.96 bits per heavy atom. The number of hydrogen-bond donors (Lipinski definition) is 2. The molecule has 122 valence electrons. The number of carbonyl (C=O) groups is 1. The molecule has 3 aromatic rings. The molecular weight excluding hydrogens is 330 g/mol. The number of benzene rings is 2. The molecule has 2 aromatic carbocycles. The van der Waals surface area contributed by atoms with Crippen molar-refractivity contribution < 1.29 is 9.53 Å². The predicted octanol–water partition coefficient (Wildman–Crippen LogP) is 3.15. The molecule has 0 atom stereocenters. The first-order valence-electron chi connectivity index (χ1n) is 7.14. The van der Waals surface area contributed by atoms with Gasteiger partial charge in [0.1, 0.15) is 5.75 Å². The van der Waals surface area contributed by atoms with E-state index in [2.05, 4.69) is 15.5 Å². The molecule has 3 rings (SSSR count). The van der Waals surface area contributed by atoms with Gasteiger partial charge in [-0.2, -0.15) is 5.10 Å². The first kappa shape index (κ1) is 16.0. The van der Waals surface area contributed by atoms with Crippen LogP contribution in [0.4, 0.5) is 5.69 Å². The molecule has 0 unspecified atom stereocenters. The maximum atomic E-state index is 12.6. The number of H-pyrrole nitrogens is 1. The molecule has 2 N–H and O–H groups in total. The van der Waals surface area contributed by atoms with E-state index in [1.165, 1.54) is 7.11 Å². The van der Waals surface area contributed by atoms with Gasteiger partial charge in [-0.05, 0) is 24.6 Å². The standard InChI is InChI=1S/C17H14ClN3O3/c1-9-7-13(14(24-2)8-12(9)18)19-17(23)15-10-5-3-4-6-11(10)16(22)21-20-15/h3-8H,1-2H3,(H,19,23)(H,21,22). The van der Waals surface area contributed by atoms with Crippen LogP contribution in [0.3, 0.4) is 0 Å². The van der Waals surface area contributed by atoms with Crippen LogP contribution in [0.2, 0.25) is 5.02 Å². The Morgan fingerprint density at radius 1 is 1.25 bits per heavy atom. The second kappa shape index (κ2) is 6.33. The summed E-state index contributed by atoms with van der Waals surface area (Å²) in [5.74, 6) is -0.0184. The molecule has 0 bridgehead atoms. The van der Waals surface area contributed by atoms with Crippen molar-refractivity contribution in [3.05, 3.63) is 63.0 Å². The van der Waals surface area contributed by atoms with Gasteiger partial charge >= 0.3 is 0 Å². The monoisotopic (exact) mass is 343 g/mol. The number of carbonyl (C=O) groups excluding carboxylic acids is 1. The van der Waals surface area contributed by atoms with Crippen LogP contribution in [0.1, 0.15) is 16.1 Å². The minimum absolute atomic E-state index is 0.125. The molecule has 0 spiro atoms. The highest BCUT2D eigenvalue weighted by Crippen LogP contribution is 2.31. The van der Waals surface area contributed by atoms with Gasteiger partial charge in [0.25, 0.3) is 11.5 Å². The number of halogens is 1. The fraction of sp³-hybridized carbons (Fsp3) is 0.118. The van der Waals surface area contributed by atoms with Crippen LogP contribution in [-0.4, -0.2) is 23.2 Å². The molecule has 6 nitrogen and oxygen atoms in total. The molecule has 7 heteroatoms. The van der Waals surface area contributed by atoms with Crippen molar-refractivity contribution in [1.29, 1.82) is 0 Å². The van der Waals surface area contributed by atoms with Gasteiger partial charge in [-0.15, -0.1) is 0 Å². The number of amides is 1. The van der Waals surface area contributed by atoms with E-state index in [4.69, 9.17) is 16.3 Å². The van der Waals surface area contributed by atoms with Gasteiger partial charge in [0, 0.05) is 16.5 Å². The summed E-state index contributed by atoms with van der Waals surface area (Å²) in [7, 11) is 1.49. The summed E-state index contributed by atoms with van der Waals surface area (Å²) in [5, 5.41) is 10.4. The first-order valence-corrected chi connectivity index (χ1v) is 7.52. The van der Waals surface area contributed by atoms with Crippen molar-refractivity contribution in [1.82, 2.24) is 10.2 Å². The van der Waals surface area contributed by atoms with Crippen LogP contribution in [0.5, 0.6) is 5.75 Å². The molecule has 0 aliphatic rings. The van der Waals surface area contributed by atoms with Crippen LogP contribution in [-0.2, 0) is 0 Å². The number of nitrogens with one attached hydrogen (secondary N) is 2. The largest absolute Gasteiger partial charge is 0.495 e. The van der Waals surface area contributed by atoms with Gasteiger partial charge in [-0.1, -0.05) is 29.8 Å². The van der Waals surface area contributed by atoms with E-state index in [1.807, 2.05) is 6.92 Å². The molecule has 24 heavy (non-hydrogen) atoms. The number of anilines is 1. The van der Waals surface area contributed by atoms with Crippen molar-refractivity contribution in [2.24, 2.45) is 0 Å². The molecular formula is C17H14ClN3O3. The number of aryl methyl sites for hydroxylation is 1. The van der Waals surface area contributed by atoms with E-state index < -0.39 is 5.91 Å². The van der Waals surface area contributed by atoms with Crippen molar-refractivity contribution in [2.45, 2.75) is 6.92 Å². The third kappa shape index (κ3) is 2.83. The van der Waals surface area contributed by atoms with Crippen LogP contribution in [0.15, 0.2) is 41.2 Å². The van der Waals surface area contributed by atoms with Gasteiger partial charge in [-0.3, -0.25) is 9.59 Å². The second-order valence-electron chi connectivity index (χ2n) is 5.20. The molecule has 0 aliphatic heterocycles. The summed E-state index contributed by atoms with van der Waals surface area (Å²) in [6.45, 7) is 1.82. The van der Waals surface area contributed by atoms with Gasteiger partial charge in [0.15, 0.2) is 5.69 Å². The van der Waals surface area contributed by atoms with Gasteiger partial charge in [0.2, 0.25) is 0 Å². The zero-order valence-corrected chi connectivity index (χ0v) is 13.8. The molecule has 0 saturated heterocycles. The number of nitrogens with zero attached hydrogens (tertiary/aromatic N) is 1. The molecule has 0 fully saturated rings. The lowest BCUT2D eigenvalue weighted by molar-refractivity contribution is 0.102. The summed E-state index contributed by atoms with van der Waals surface area (Å²) >= 11 is 6.07. The van der Waals surface area contributed by atoms with Crippen molar-refractivity contribution in [3.8, 4) is 5.75 Å². The van der Waals surface area contributed by atoms with Crippen LogP contribution in [0.25, 0.3) is 10.8 Å². The average Bonchev–Trinajstić information content (AvgIpc) is 2.58. The Labute approximate surface area is 142 Å². The van der Waals surface area contributed by atoms with Crippen molar-refractivity contribution in [2.75, 3.05) is 12.4 Å². The minimum Gasteiger partial charge on any atom is -0.495 e. The second-order valence-corrected chi connectivity index (χ2v) is 5.61. The highest BCUT2D eigenvalue weighted by Gasteiger charge is 2.16. The summed E-state index contributed by atoms with van der Waals surface area (Å²) < 4.78 is 5.25. The minimum atomic E-state index is -0.456. The fourth-order valence-corrected chi connectivity index (χ4v) is 2.55. The Hall–Kier alpha value is -2.86. The fourth-order valence-electron chi connectivity index (χ4n) is 2.40. The quantitative estimate of drug-likeness (QED) is 0.765. The molecule has 0 radical (unpaired) electrons. The Balaban J connectivity index is 2.04. The number of aromatic nitrogens is 2. The summed E-state index contributed by atoms with van der Waals surface area (Å²) in [4.78, 5) is 24.4. The van der Waals surface area contributed by atoms with Crippen LogP contribution < -0.4 is 15.6 Å². The van der Waals surface area contributed by atoms with Crippen LogP contribution in [0, 0.1) is 6.92 Å². The van der Waals surface area contributed by atoms with E-state index in [9.17, 15) is 9.59 Å². The Kier molecular flexibility index (Phi) is 4.22. The average molecular weight is 344 g/mol. The Morgan fingerprint density at radius 3 is 2.67 bits per heavy atom. The first-order chi connectivity index (χ1) is 11.5. The summed E-state index contributed by atoms with van der Waals surface area (Å²) in [6.07, 6.45) is 0. The van der Waals surface area contributed by atoms with E-state index in [0.29, 0.717) is 27.2 Å². The lowest BCUT2D eigenvalue weighted by Crippen LogP contribution is -2.19. The third-order valence-electron chi connectivity index (χ3n) is 3.64. The van der Waals surface area contributed by atoms with E-state index >= 15 is 0 Å². The molecule has 0 saturated carbocycles. The highest BCUT2D eigenvalue weighted by atomic mass is 35.5. The number of methoxy groups -OCH3 is 1. The van der Waals surface area contributed by atoms with Crippen LogP contribution >= 0.6 is 11.6 Å². The summed E-state index contributed by atoms with van der Waals surface area (Å²) in [5.41, 5.74) is 1.05. The van der Waals surface area contributed by atoms with Gasteiger partial charge in [-0.25, -0.2) is 5.10 Å². The van der Waals surface area contributed by atoms with E-state index in [0.717, 1.165) is 5.56 Å². The SMILES string of the molecule is COc1cc(Cl)c(C)cc1NC(=O)c1n[nH]c(=O)c2ccccc12. The van der Waals surface area contributed by atoms with Crippen molar-refractivity contribution in [3.63, 3.8) is 0 Å².